The molecule has 0 aromatic heterocycles. The molecule has 0 atom stereocenters. The summed E-state index contributed by atoms with van der Waals surface area (Å²) in [6, 6.07) is 14.5. The minimum atomic E-state index is -0.414. The van der Waals surface area contributed by atoms with Crippen molar-refractivity contribution in [3.8, 4) is 11.5 Å². The third-order valence-electron chi connectivity index (χ3n) is 3.05. The van der Waals surface area contributed by atoms with Crippen LogP contribution in [0.25, 0.3) is 10.8 Å². The highest BCUT2D eigenvalue weighted by Crippen LogP contribution is 2.33. The maximum atomic E-state index is 13.4. The van der Waals surface area contributed by atoms with Crippen molar-refractivity contribution in [2.45, 2.75) is 0 Å². The van der Waals surface area contributed by atoms with Gasteiger partial charge in [0.1, 0.15) is 11.6 Å². The average Bonchev–Trinajstić information content (AvgIpc) is 2.45. The first-order valence-corrected chi connectivity index (χ1v) is 7.73. The van der Waals surface area contributed by atoms with Crippen LogP contribution in [0.4, 0.5) is 10.1 Å². The molecule has 21 heavy (non-hydrogen) atoms. The minimum absolute atomic E-state index is 0.256. The van der Waals surface area contributed by atoms with Gasteiger partial charge >= 0.3 is 0 Å². The summed E-state index contributed by atoms with van der Waals surface area (Å²) < 4.78 is 20.4. The highest BCUT2D eigenvalue weighted by Gasteiger charge is 2.08. The van der Waals surface area contributed by atoms with E-state index in [-0.39, 0.29) is 5.69 Å². The zero-order chi connectivity index (χ0) is 15.0. The number of halogens is 3. The van der Waals surface area contributed by atoms with Gasteiger partial charge < -0.3 is 10.5 Å². The molecule has 2 N–H and O–H groups in total. The van der Waals surface area contributed by atoms with Crippen LogP contribution in [-0.4, -0.2) is 0 Å². The van der Waals surface area contributed by atoms with Crippen LogP contribution >= 0.6 is 31.9 Å². The van der Waals surface area contributed by atoms with Gasteiger partial charge in [-0.25, -0.2) is 4.39 Å². The number of anilines is 1. The largest absolute Gasteiger partial charge is 0.455 e. The van der Waals surface area contributed by atoms with Crippen LogP contribution in [0.1, 0.15) is 0 Å². The van der Waals surface area contributed by atoms with Crippen molar-refractivity contribution in [2.75, 3.05) is 5.73 Å². The van der Waals surface area contributed by atoms with E-state index in [0.29, 0.717) is 16.0 Å². The molecule has 0 unspecified atom stereocenters. The van der Waals surface area contributed by atoms with Crippen molar-refractivity contribution in [3.05, 3.63) is 63.3 Å². The summed E-state index contributed by atoms with van der Waals surface area (Å²) in [4.78, 5) is 0. The van der Waals surface area contributed by atoms with E-state index in [4.69, 9.17) is 10.5 Å². The molecule has 0 saturated heterocycles. The Morgan fingerprint density at radius 1 is 0.905 bits per heavy atom. The highest BCUT2D eigenvalue weighted by atomic mass is 79.9. The lowest BCUT2D eigenvalue weighted by Crippen LogP contribution is -1.94. The summed E-state index contributed by atoms with van der Waals surface area (Å²) in [6.07, 6.45) is 0. The van der Waals surface area contributed by atoms with Gasteiger partial charge in [-0.3, -0.25) is 0 Å². The Hall–Kier alpha value is -1.59. The van der Waals surface area contributed by atoms with Crippen LogP contribution in [0.3, 0.4) is 0 Å². The molecule has 0 aliphatic carbocycles. The fourth-order valence-electron chi connectivity index (χ4n) is 2.02. The van der Waals surface area contributed by atoms with Crippen LogP contribution in [0.2, 0.25) is 0 Å². The van der Waals surface area contributed by atoms with Crippen LogP contribution in [0.15, 0.2) is 57.5 Å². The lowest BCUT2D eigenvalue weighted by atomic mass is 10.1. The van der Waals surface area contributed by atoms with Gasteiger partial charge in [-0.1, -0.05) is 28.1 Å². The molecular formula is C16H10Br2FNO. The molecule has 0 bridgehead atoms. The summed E-state index contributed by atoms with van der Waals surface area (Å²) >= 11 is 6.57. The van der Waals surface area contributed by atoms with Gasteiger partial charge in [-0.15, -0.1) is 0 Å². The smallest absolute Gasteiger partial charge is 0.151 e. The van der Waals surface area contributed by atoms with Crippen LogP contribution in [0, 0.1) is 5.82 Å². The van der Waals surface area contributed by atoms with Crippen molar-refractivity contribution in [3.63, 3.8) is 0 Å². The first-order chi connectivity index (χ1) is 10.0. The van der Waals surface area contributed by atoms with Crippen molar-refractivity contribution in [1.82, 2.24) is 0 Å². The number of nitrogens with two attached hydrogens (primary N) is 1. The van der Waals surface area contributed by atoms with E-state index in [1.165, 1.54) is 12.1 Å². The van der Waals surface area contributed by atoms with E-state index in [1.54, 1.807) is 0 Å². The van der Waals surface area contributed by atoms with Gasteiger partial charge in [0.25, 0.3) is 0 Å². The molecule has 3 aromatic carbocycles. The van der Waals surface area contributed by atoms with Gasteiger partial charge in [0, 0.05) is 16.6 Å². The second-order valence-electron chi connectivity index (χ2n) is 4.56. The Bertz CT molecular complexity index is 836. The Labute approximate surface area is 138 Å². The van der Waals surface area contributed by atoms with E-state index in [1.807, 2.05) is 36.4 Å². The molecule has 106 valence electrons. The van der Waals surface area contributed by atoms with Crippen molar-refractivity contribution < 1.29 is 9.13 Å². The minimum Gasteiger partial charge on any atom is -0.455 e. The van der Waals surface area contributed by atoms with Crippen LogP contribution < -0.4 is 10.5 Å². The van der Waals surface area contributed by atoms with Gasteiger partial charge in [-0.05, 0) is 51.0 Å². The molecule has 0 fully saturated rings. The van der Waals surface area contributed by atoms with E-state index in [9.17, 15) is 4.39 Å². The number of ether oxygens (including phenoxy) is 1. The van der Waals surface area contributed by atoms with Crippen LogP contribution in [0.5, 0.6) is 11.5 Å². The number of fused-ring (bicyclic) bond motifs is 1. The van der Waals surface area contributed by atoms with Crippen molar-refractivity contribution in [2.24, 2.45) is 0 Å². The Kier molecular flexibility index (Phi) is 3.87. The normalized spacial score (nSPS) is 10.8. The van der Waals surface area contributed by atoms with Crippen molar-refractivity contribution >= 4 is 48.3 Å². The molecule has 2 nitrogen and oxygen atoms in total. The summed E-state index contributed by atoms with van der Waals surface area (Å²) in [5.41, 5.74) is 6.03. The first-order valence-electron chi connectivity index (χ1n) is 6.14. The predicted octanol–water partition coefficient (Wildman–Crippen LogP) is 5.88. The van der Waals surface area contributed by atoms with Gasteiger partial charge in [0.15, 0.2) is 5.75 Å². The molecule has 0 aliphatic heterocycles. The zero-order valence-corrected chi connectivity index (χ0v) is 13.9. The number of rotatable bonds is 2. The number of nitrogen functional groups attached to an aromatic ring is 1. The monoisotopic (exact) mass is 409 g/mol. The van der Waals surface area contributed by atoms with Gasteiger partial charge in [-0.2, -0.15) is 0 Å². The lowest BCUT2D eigenvalue weighted by molar-refractivity contribution is 0.483. The molecule has 0 radical (unpaired) electrons. The second kappa shape index (κ2) is 5.66. The molecule has 0 saturated carbocycles. The quantitative estimate of drug-likeness (QED) is 0.535. The number of benzene rings is 3. The number of hydrogen-bond donors (Lipinski definition) is 1. The fourth-order valence-corrected chi connectivity index (χ4v) is 2.72. The molecule has 0 aliphatic rings. The molecule has 3 aromatic rings. The van der Waals surface area contributed by atoms with E-state index in [2.05, 4.69) is 31.9 Å². The predicted molar refractivity (Wildman–Crippen MR) is 90.2 cm³/mol. The first kappa shape index (κ1) is 14.4. The number of hydrogen-bond acceptors (Lipinski definition) is 2. The maximum Gasteiger partial charge on any atom is 0.151 e. The summed E-state index contributed by atoms with van der Waals surface area (Å²) in [6.45, 7) is 0. The molecule has 0 spiro atoms. The molecule has 3 rings (SSSR count). The fraction of sp³-hybridized carbons (Fsp3) is 0. The van der Waals surface area contributed by atoms with E-state index in [0.717, 1.165) is 15.2 Å². The molecule has 0 heterocycles. The second-order valence-corrected chi connectivity index (χ2v) is 6.33. The highest BCUT2D eigenvalue weighted by molar-refractivity contribution is 9.10. The third-order valence-corrected chi connectivity index (χ3v) is 4.16. The maximum absolute atomic E-state index is 13.4. The standard InChI is InChI=1S/C16H10Br2FNO/c17-11-3-1-10-6-12(4-2-9(10)5-11)21-16-7-13(18)14(19)8-15(16)20/h1-8H,20H2. The van der Waals surface area contributed by atoms with Crippen molar-refractivity contribution in [1.29, 1.82) is 0 Å². The van der Waals surface area contributed by atoms with E-state index < -0.39 is 5.82 Å². The molecule has 5 heteroatoms. The lowest BCUT2D eigenvalue weighted by Gasteiger charge is -2.10. The summed E-state index contributed by atoms with van der Waals surface area (Å²) in [5, 5.41) is 2.15. The van der Waals surface area contributed by atoms with E-state index >= 15 is 0 Å². The summed E-state index contributed by atoms with van der Waals surface area (Å²) in [5.74, 6) is 0.651. The van der Waals surface area contributed by atoms with Gasteiger partial charge in [0.05, 0.1) is 10.2 Å². The average molecular weight is 411 g/mol. The Balaban J connectivity index is 1.98. The SMILES string of the molecule is Nc1cc(F)c(Br)cc1Oc1ccc2cc(Br)ccc2c1. The molecule has 0 amide bonds. The zero-order valence-electron chi connectivity index (χ0n) is 10.7. The Morgan fingerprint density at radius 3 is 2.43 bits per heavy atom. The summed E-state index contributed by atoms with van der Waals surface area (Å²) in [7, 11) is 0. The van der Waals surface area contributed by atoms with Crippen LogP contribution in [-0.2, 0) is 0 Å². The van der Waals surface area contributed by atoms with Gasteiger partial charge in [0.2, 0.25) is 0 Å². The topological polar surface area (TPSA) is 35.2 Å². The molecular weight excluding hydrogens is 401 g/mol. The Morgan fingerprint density at radius 2 is 1.62 bits per heavy atom. The third kappa shape index (κ3) is 3.04.